The van der Waals surface area contributed by atoms with Crippen LogP contribution in [-0.2, 0) is 0 Å². The summed E-state index contributed by atoms with van der Waals surface area (Å²) in [6, 6.07) is 11.1. The van der Waals surface area contributed by atoms with Gasteiger partial charge in [0.25, 0.3) is 0 Å². The summed E-state index contributed by atoms with van der Waals surface area (Å²) >= 11 is 0. The lowest BCUT2D eigenvalue weighted by Crippen LogP contribution is -2.27. The minimum atomic E-state index is 0.245. The molecule has 1 aromatic carbocycles. The fraction of sp³-hybridized carbons (Fsp3) is 0.350. The van der Waals surface area contributed by atoms with Crippen molar-refractivity contribution in [3.8, 4) is 17.3 Å². The topological polar surface area (TPSA) is 103 Å². The maximum Gasteiger partial charge on any atom is 0.248 e. The molecule has 0 saturated heterocycles. The van der Waals surface area contributed by atoms with Gasteiger partial charge in [-0.2, -0.15) is 9.67 Å². The van der Waals surface area contributed by atoms with E-state index in [1.54, 1.807) is 13.3 Å². The number of aromatic nitrogens is 4. The van der Waals surface area contributed by atoms with Gasteiger partial charge in [-0.3, -0.25) is 0 Å². The van der Waals surface area contributed by atoms with Crippen molar-refractivity contribution in [2.75, 3.05) is 44.4 Å². The summed E-state index contributed by atoms with van der Waals surface area (Å²) in [4.78, 5) is 10.8. The van der Waals surface area contributed by atoms with Gasteiger partial charge in [0, 0.05) is 24.5 Å². The monoisotopic (exact) mass is 397 g/mol. The number of likely N-dealkylation sites (N-methyl/N-ethyl adjacent to an activating group) is 1. The lowest BCUT2D eigenvalue weighted by Gasteiger charge is -2.19. The molecule has 0 unspecified atom stereocenters. The molecule has 0 aliphatic rings. The molecule has 3 aromatic rings. The largest absolute Gasteiger partial charge is 0.493 e. The quantitative estimate of drug-likeness (QED) is 0.538. The molecule has 29 heavy (non-hydrogen) atoms. The minimum Gasteiger partial charge on any atom is -0.493 e. The van der Waals surface area contributed by atoms with Crippen LogP contribution in [0, 0.1) is 0 Å². The fourth-order valence-corrected chi connectivity index (χ4v) is 2.84. The molecule has 0 saturated carbocycles. The van der Waals surface area contributed by atoms with Crippen LogP contribution in [-0.4, -0.2) is 58.0 Å². The summed E-state index contributed by atoms with van der Waals surface area (Å²) in [6.45, 7) is 7.74. The molecule has 0 aliphatic carbocycles. The van der Waals surface area contributed by atoms with E-state index in [-0.39, 0.29) is 5.95 Å². The van der Waals surface area contributed by atoms with Crippen molar-refractivity contribution in [2.24, 2.45) is 0 Å². The van der Waals surface area contributed by atoms with Crippen LogP contribution in [0.1, 0.15) is 13.8 Å². The highest BCUT2D eigenvalue weighted by molar-refractivity contribution is 5.60. The van der Waals surface area contributed by atoms with Gasteiger partial charge in [-0.25, -0.2) is 4.98 Å². The van der Waals surface area contributed by atoms with Crippen LogP contribution in [0.5, 0.6) is 11.5 Å². The highest BCUT2D eigenvalue weighted by atomic mass is 16.5. The van der Waals surface area contributed by atoms with Crippen molar-refractivity contribution >= 4 is 17.6 Å². The lowest BCUT2D eigenvalue weighted by molar-refractivity contribution is 0.217. The maximum absolute atomic E-state index is 5.97. The Labute approximate surface area is 170 Å². The lowest BCUT2D eigenvalue weighted by atomic mass is 10.2. The van der Waals surface area contributed by atoms with Gasteiger partial charge in [0.2, 0.25) is 11.9 Å². The van der Waals surface area contributed by atoms with Crippen molar-refractivity contribution < 1.29 is 9.47 Å². The zero-order valence-electron chi connectivity index (χ0n) is 17.0. The van der Waals surface area contributed by atoms with Crippen molar-refractivity contribution in [3.63, 3.8) is 0 Å². The van der Waals surface area contributed by atoms with Crippen LogP contribution in [0.15, 0.2) is 42.6 Å². The molecule has 0 spiro atoms. The van der Waals surface area contributed by atoms with Gasteiger partial charge in [-0.1, -0.05) is 19.9 Å². The van der Waals surface area contributed by atoms with E-state index in [2.05, 4.69) is 39.1 Å². The number of nitrogens with zero attached hydrogens (tertiary/aromatic N) is 5. The predicted octanol–water partition coefficient (Wildman–Crippen LogP) is 2.72. The van der Waals surface area contributed by atoms with E-state index in [4.69, 9.17) is 15.2 Å². The minimum absolute atomic E-state index is 0.245. The number of hydrogen-bond acceptors (Lipinski definition) is 8. The van der Waals surface area contributed by atoms with E-state index in [9.17, 15) is 0 Å². The number of rotatable bonds is 10. The molecule has 2 aromatic heterocycles. The second-order valence-corrected chi connectivity index (χ2v) is 6.26. The van der Waals surface area contributed by atoms with Gasteiger partial charge in [-0.15, -0.1) is 5.10 Å². The Balaban J connectivity index is 1.69. The van der Waals surface area contributed by atoms with E-state index >= 15 is 0 Å². The summed E-state index contributed by atoms with van der Waals surface area (Å²) in [6.07, 6.45) is 1.67. The highest BCUT2D eigenvalue weighted by Gasteiger charge is 2.12. The van der Waals surface area contributed by atoms with E-state index < -0.39 is 0 Å². The first-order chi connectivity index (χ1) is 14.1. The number of anilines is 3. The molecule has 2 heterocycles. The molecule has 0 aliphatic heterocycles. The molecule has 0 atom stereocenters. The fourth-order valence-electron chi connectivity index (χ4n) is 2.84. The smallest absolute Gasteiger partial charge is 0.248 e. The third-order valence-corrected chi connectivity index (χ3v) is 4.48. The van der Waals surface area contributed by atoms with Gasteiger partial charge in [0.15, 0.2) is 17.3 Å². The van der Waals surface area contributed by atoms with E-state index in [0.717, 1.165) is 25.3 Å². The Morgan fingerprint density at radius 3 is 2.66 bits per heavy atom. The van der Waals surface area contributed by atoms with E-state index in [1.165, 1.54) is 4.68 Å². The SMILES string of the molecule is CCN(CC)CCOc1ccc(Nc2nc(N)n(-c3ccccn3)n2)cc1OC. The molecule has 154 valence electrons. The summed E-state index contributed by atoms with van der Waals surface area (Å²) in [5.41, 5.74) is 6.73. The van der Waals surface area contributed by atoms with Gasteiger partial charge in [0.1, 0.15) is 6.61 Å². The average Bonchev–Trinajstić information content (AvgIpc) is 3.12. The molecule has 0 bridgehead atoms. The Bertz CT molecular complexity index is 910. The molecular formula is C20H27N7O2. The number of benzene rings is 1. The van der Waals surface area contributed by atoms with Crippen LogP contribution < -0.4 is 20.5 Å². The third kappa shape index (κ3) is 5.14. The number of nitrogen functional groups attached to an aromatic ring is 1. The first-order valence-electron chi connectivity index (χ1n) is 9.58. The van der Waals surface area contributed by atoms with Crippen molar-refractivity contribution in [1.29, 1.82) is 0 Å². The average molecular weight is 397 g/mol. The molecule has 0 fully saturated rings. The zero-order chi connectivity index (χ0) is 20.6. The standard InChI is InChI=1S/C20H27N7O2/c1-4-26(5-2)12-13-29-16-10-9-15(14-17(16)28-3)23-20-24-19(21)27(25-20)18-8-6-7-11-22-18/h6-11,14H,4-5,12-13H2,1-3H3,(H3,21,23,24,25). The molecular weight excluding hydrogens is 370 g/mol. The van der Waals surface area contributed by atoms with E-state index in [0.29, 0.717) is 29.9 Å². The normalized spacial score (nSPS) is 10.9. The number of ether oxygens (including phenoxy) is 2. The number of pyridine rings is 1. The molecule has 0 amide bonds. The first-order valence-corrected chi connectivity index (χ1v) is 9.58. The Morgan fingerprint density at radius 2 is 1.97 bits per heavy atom. The number of methoxy groups -OCH3 is 1. The van der Waals surface area contributed by atoms with Crippen LogP contribution in [0.4, 0.5) is 17.6 Å². The maximum atomic E-state index is 5.97. The third-order valence-electron chi connectivity index (χ3n) is 4.48. The van der Waals surface area contributed by atoms with Gasteiger partial charge in [-0.05, 0) is 37.4 Å². The molecule has 3 rings (SSSR count). The van der Waals surface area contributed by atoms with Crippen molar-refractivity contribution in [2.45, 2.75) is 13.8 Å². The summed E-state index contributed by atoms with van der Waals surface area (Å²) < 4.78 is 12.8. The Hall–Kier alpha value is -3.33. The van der Waals surface area contributed by atoms with Gasteiger partial charge < -0.3 is 25.4 Å². The molecule has 0 radical (unpaired) electrons. The van der Waals surface area contributed by atoms with Crippen LogP contribution in [0.2, 0.25) is 0 Å². The molecule has 9 heteroatoms. The predicted molar refractivity (Wildman–Crippen MR) is 113 cm³/mol. The summed E-state index contributed by atoms with van der Waals surface area (Å²) in [7, 11) is 1.61. The van der Waals surface area contributed by atoms with Gasteiger partial charge >= 0.3 is 0 Å². The van der Waals surface area contributed by atoms with Crippen LogP contribution in [0.25, 0.3) is 5.82 Å². The second kappa shape index (κ2) is 9.74. The number of nitrogens with one attached hydrogen (secondary N) is 1. The van der Waals surface area contributed by atoms with Crippen molar-refractivity contribution in [1.82, 2.24) is 24.6 Å². The Kier molecular flexibility index (Phi) is 6.85. The Morgan fingerprint density at radius 1 is 1.14 bits per heavy atom. The van der Waals surface area contributed by atoms with Crippen molar-refractivity contribution in [3.05, 3.63) is 42.6 Å². The first kappa shape index (κ1) is 20.4. The van der Waals surface area contributed by atoms with Gasteiger partial charge in [0.05, 0.1) is 7.11 Å². The van der Waals surface area contributed by atoms with E-state index in [1.807, 2.05) is 36.4 Å². The van der Waals surface area contributed by atoms with Crippen LogP contribution in [0.3, 0.4) is 0 Å². The zero-order valence-corrected chi connectivity index (χ0v) is 17.0. The molecule has 9 nitrogen and oxygen atoms in total. The molecule has 3 N–H and O–H groups in total. The summed E-state index contributed by atoms with van der Waals surface area (Å²) in [5.74, 6) is 2.53. The second-order valence-electron chi connectivity index (χ2n) is 6.26. The summed E-state index contributed by atoms with van der Waals surface area (Å²) in [5, 5.41) is 7.51. The highest BCUT2D eigenvalue weighted by Crippen LogP contribution is 2.31. The number of hydrogen-bond donors (Lipinski definition) is 2. The number of nitrogens with two attached hydrogens (primary N) is 1. The van der Waals surface area contributed by atoms with Crippen LogP contribution >= 0.6 is 0 Å².